The summed E-state index contributed by atoms with van der Waals surface area (Å²) in [5.74, 6) is -4.12. The molecule has 2 N–H and O–H groups in total. The Labute approximate surface area is 123 Å². The van der Waals surface area contributed by atoms with Crippen molar-refractivity contribution in [2.24, 2.45) is 0 Å². The summed E-state index contributed by atoms with van der Waals surface area (Å²) in [5.41, 5.74) is -0.208. The Kier molecular flexibility index (Phi) is 5.77. The zero-order chi connectivity index (χ0) is 16.2. The molecule has 0 saturated carbocycles. The van der Waals surface area contributed by atoms with Crippen molar-refractivity contribution in [1.29, 1.82) is 0 Å². The van der Waals surface area contributed by atoms with Gasteiger partial charge in [0.2, 0.25) is 0 Å². The van der Waals surface area contributed by atoms with Crippen molar-refractivity contribution in [3.8, 4) is 0 Å². The lowest BCUT2D eigenvalue weighted by Gasteiger charge is -2.17. The number of carbonyl (C=O) groups is 1. The average molecular weight is 322 g/mol. The first-order chi connectivity index (χ1) is 9.61. The second kappa shape index (κ2) is 6.93. The van der Waals surface area contributed by atoms with Crippen molar-refractivity contribution < 1.29 is 22.2 Å². The predicted molar refractivity (Wildman–Crippen MR) is 76.1 cm³/mol. The van der Waals surface area contributed by atoms with E-state index in [0.717, 1.165) is 0 Å². The van der Waals surface area contributed by atoms with Crippen LogP contribution in [0.2, 0.25) is 0 Å². The van der Waals surface area contributed by atoms with Crippen molar-refractivity contribution in [3.63, 3.8) is 0 Å². The van der Waals surface area contributed by atoms with Gasteiger partial charge in [-0.1, -0.05) is 0 Å². The molecular formula is C13H17F3N2O2S. The number of carbonyl (C=O) groups excluding carboxylic acids is 1. The zero-order valence-electron chi connectivity index (χ0n) is 11.9. The van der Waals surface area contributed by atoms with Crippen LogP contribution in [0.3, 0.4) is 0 Å². The highest BCUT2D eigenvalue weighted by atomic mass is 32.2. The van der Waals surface area contributed by atoms with Crippen LogP contribution in [0, 0.1) is 17.5 Å². The second-order valence-electron chi connectivity index (χ2n) is 5.30. The van der Waals surface area contributed by atoms with Crippen molar-refractivity contribution in [2.75, 3.05) is 17.6 Å². The maximum Gasteiger partial charge on any atom is 0.319 e. The number of nitrogens with one attached hydrogen (secondary N) is 2. The molecular weight excluding hydrogens is 305 g/mol. The molecule has 1 unspecified atom stereocenters. The molecule has 0 heterocycles. The van der Waals surface area contributed by atoms with E-state index in [1.165, 1.54) is 0 Å². The van der Waals surface area contributed by atoms with Gasteiger partial charge in [0.25, 0.3) is 0 Å². The Balaban J connectivity index is 2.50. The minimum absolute atomic E-state index is 0.141. The fourth-order valence-corrected chi connectivity index (χ4v) is 2.27. The molecule has 0 radical (unpaired) electrons. The van der Waals surface area contributed by atoms with Gasteiger partial charge in [0.05, 0.1) is 0 Å². The van der Waals surface area contributed by atoms with E-state index in [1.807, 2.05) is 20.8 Å². The van der Waals surface area contributed by atoms with E-state index in [2.05, 4.69) is 10.6 Å². The number of halogens is 3. The van der Waals surface area contributed by atoms with E-state index in [0.29, 0.717) is 12.1 Å². The smallest absolute Gasteiger partial charge is 0.319 e. The molecule has 1 aromatic rings. The first kappa shape index (κ1) is 17.5. The lowest BCUT2D eigenvalue weighted by molar-refractivity contribution is 0.252. The van der Waals surface area contributed by atoms with Crippen LogP contribution < -0.4 is 10.6 Å². The fourth-order valence-electron chi connectivity index (χ4n) is 1.37. The highest BCUT2D eigenvalue weighted by Gasteiger charge is 2.19. The van der Waals surface area contributed by atoms with Crippen LogP contribution in [0.5, 0.6) is 0 Å². The number of hydrogen-bond acceptors (Lipinski definition) is 2. The monoisotopic (exact) mass is 322 g/mol. The first-order valence-electron chi connectivity index (χ1n) is 6.19. The van der Waals surface area contributed by atoms with E-state index >= 15 is 0 Å². The lowest BCUT2D eigenvalue weighted by atomic mass is 10.3. The minimum Gasteiger partial charge on any atom is -0.337 e. The molecule has 0 aliphatic heterocycles. The molecule has 1 rings (SSSR count). The van der Waals surface area contributed by atoms with Crippen molar-refractivity contribution in [3.05, 3.63) is 29.6 Å². The number of urea groups is 1. The summed E-state index contributed by atoms with van der Waals surface area (Å²) in [6, 6.07) is 0.627. The molecule has 118 valence electrons. The van der Waals surface area contributed by atoms with E-state index in [4.69, 9.17) is 0 Å². The van der Waals surface area contributed by atoms with Gasteiger partial charge in [-0.05, 0) is 20.8 Å². The van der Waals surface area contributed by atoms with Gasteiger partial charge in [-0.25, -0.2) is 18.0 Å². The molecule has 4 nitrogen and oxygen atoms in total. The van der Waals surface area contributed by atoms with Crippen LogP contribution >= 0.6 is 0 Å². The molecule has 0 spiro atoms. The third-order valence-electron chi connectivity index (χ3n) is 2.50. The molecule has 0 aromatic heterocycles. The van der Waals surface area contributed by atoms with E-state index in [9.17, 15) is 22.2 Å². The van der Waals surface area contributed by atoms with Crippen LogP contribution in [0.4, 0.5) is 23.7 Å². The summed E-state index contributed by atoms with van der Waals surface area (Å²) in [7, 11) is -1.12. The van der Waals surface area contributed by atoms with Crippen LogP contribution in [-0.4, -0.2) is 27.3 Å². The fraction of sp³-hybridized carbons (Fsp3) is 0.462. The molecule has 2 amide bonds. The number of hydrogen-bond donors (Lipinski definition) is 2. The van der Waals surface area contributed by atoms with E-state index in [-0.39, 0.29) is 22.7 Å². The molecule has 0 aliphatic carbocycles. The van der Waals surface area contributed by atoms with Gasteiger partial charge in [-0.2, -0.15) is 0 Å². The predicted octanol–water partition coefficient (Wildman–Crippen LogP) is 2.77. The van der Waals surface area contributed by atoms with Crippen molar-refractivity contribution in [1.82, 2.24) is 5.32 Å². The molecule has 1 aromatic carbocycles. The molecule has 21 heavy (non-hydrogen) atoms. The van der Waals surface area contributed by atoms with Crippen LogP contribution in [0.25, 0.3) is 0 Å². The molecule has 0 saturated heterocycles. The van der Waals surface area contributed by atoms with Crippen LogP contribution in [-0.2, 0) is 10.8 Å². The maximum atomic E-state index is 13.0. The maximum absolute atomic E-state index is 13.0. The minimum atomic E-state index is -1.60. The van der Waals surface area contributed by atoms with E-state index in [1.54, 1.807) is 0 Å². The summed E-state index contributed by atoms with van der Waals surface area (Å²) in [4.78, 5) is 11.5. The topological polar surface area (TPSA) is 58.2 Å². The highest BCUT2D eigenvalue weighted by Crippen LogP contribution is 2.17. The highest BCUT2D eigenvalue weighted by molar-refractivity contribution is 7.86. The Morgan fingerprint density at radius 3 is 2.19 bits per heavy atom. The number of amides is 2. The van der Waals surface area contributed by atoms with Crippen LogP contribution in [0.15, 0.2) is 12.1 Å². The summed E-state index contributed by atoms with van der Waals surface area (Å²) in [6.45, 7) is 5.58. The number of anilines is 1. The summed E-state index contributed by atoms with van der Waals surface area (Å²) in [6.07, 6.45) is 0. The Hall–Kier alpha value is -1.57. The number of rotatable bonds is 4. The first-order valence-corrected chi connectivity index (χ1v) is 7.51. The SMILES string of the molecule is CC(C)(C)S(=O)CCNC(=O)Nc1cc(F)c(F)c(F)c1. The van der Waals surface area contributed by atoms with Gasteiger partial charge in [0.15, 0.2) is 17.5 Å². The normalized spacial score (nSPS) is 12.9. The van der Waals surface area contributed by atoms with Gasteiger partial charge in [-0.15, -0.1) is 0 Å². The Bertz CT molecular complexity index is 536. The van der Waals surface area contributed by atoms with Gasteiger partial charge < -0.3 is 10.6 Å². The van der Waals surface area contributed by atoms with Crippen molar-refractivity contribution in [2.45, 2.75) is 25.5 Å². The largest absolute Gasteiger partial charge is 0.337 e. The van der Waals surface area contributed by atoms with Crippen molar-refractivity contribution >= 4 is 22.5 Å². The second-order valence-corrected chi connectivity index (χ2v) is 7.62. The molecule has 0 fully saturated rings. The quantitative estimate of drug-likeness (QED) is 0.838. The average Bonchev–Trinajstić information content (AvgIpc) is 2.34. The summed E-state index contributed by atoms with van der Waals surface area (Å²) >= 11 is 0. The summed E-state index contributed by atoms with van der Waals surface area (Å²) in [5, 5.41) is 4.57. The van der Waals surface area contributed by atoms with Gasteiger partial charge in [0.1, 0.15) is 0 Å². The van der Waals surface area contributed by atoms with Gasteiger partial charge >= 0.3 is 6.03 Å². The standard InChI is InChI=1S/C13H17F3N2O2S/c1-13(2,3)21(20)5-4-17-12(19)18-8-6-9(14)11(16)10(15)7-8/h6-7H,4-5H2,1-3H3,(H2,17,18,19). The zero-order valence-corrected chi connectivity index (χ0v) is 12.7. The molecule has 0 bridgehead atoms. The third-order valence-corrected chi connectivity index (χ3v) is 4.44. The summed E-state index contributed by atoms with van der Waals surface area (Å²) < 4.78 is 50.0. The molecule has 1 atom stereocenters. The van der Waals surface area contributed by atoms with Crippen LogP contribution in [0.1, 0.15) is 20.8 Å². The van der Waals surface area contributed by atoms with E-state index < -0.39 is 34.3 Å². The third kappa shape index (κ3) is 5.37. The molecule has 0 aliphatic rings. The molecule has 8 heteroatoms. The van der Waals surface area contributed by atoms with Gasteiger partial charge in [0, 0.05) is 45.7 Å². The Morgan fingerprint density at radius 1 is 1.19 bits per heavy atom. The lowest BCUT2D eigenvalue weighted by Crippen LogP contribution is -2.35. The van der Waals surface area contributed by atoms with Gasteiger partial charge in [-0.3, -0.25) is 4.21 Å². The Morgan fingerprint density at radius 2 is 1.71 bits per heavy atom. The number of benzene rings is 1.